The topological polar surface area (TPSA) is 116 Å². The predicted octanol–water partition coefficient (Wildman–Crippen LogP) is 1.51. The van der Waals surface area contributed by atoms with Crippen molar-refractivity contribution in [3.8, 4) is 0 Å². The molecule has 0 bridgehead atoms. The average Bonchev–Trinajstić information content (AvgIpc) is 2.89. The van der Waals surface area contributed by atoms with E-state index in [1.165, 1.54) is 11.3 Å². The summed E-state index contributed by atoms with van der Waals surface area (Å²) in [4.78, 5) is 35.9. The molecule has 0 aromatic heterocycles. The van der Waals surface area contributed by atoms with Crippen LogP contribution in [-0.2, 0) is 14.3 Å². The number of nitrogens with one attached hydrogen (secondary N) is 1. The smallest absolute Gasteiger partial charge is 0.329 e. The number of imide groups is 1. The third kappa shape index (κ3) is 6.25. The Balaban J connectivity index is 1.73. The number of carboxylic acid groups (broad SMARTS) is 1. The van der Waals surface area contributed by atoms with Crippen molar-refractivity contribution < 1.29 is 29.3 Å². The highest BCUT2D eigenvalue weighted by molar-refractivity contribution is 6.04. The van der Waals surface area contributed by atoms with E-state index in [0.717, 1.165) is 25.7 Å². The van der Waals surface area contributed by atoms with Crippen LogP contribution < -0.4 is 5.32 Å². The third-order valence-electron chi connectivity index (χ3n) is 5.27. The molecule has 0 radical (unpaired) electrons. The number of hydrogen-bond acceptors (Lipinski definition) is 5. The van der Waals surface area contributed by atoms with Gasteiger partial charge >= 0.3 is 12.0 Å². The molecule has 1 saturated carbocycles. The number of amides is 3. The van der Waals surface area contributed by atoms with Gasteiger partial charge in [0.15, 0.2) is 0 Å². The Hall–Kier alpha value is -1.67. The molecule has 1 saturated heterocycles. The molecule has 0 aromatic carbocycles. The fraction of sp³-hybridized carbons (Fsp3) is 0.833. The van der Waals surface area contributed by atoms with E-state index < -0.39 is 24.1 Å². The summed E-state index contributed by atoms with van der Waals surface area (Å²) >= 11 is 0. The first-order valence-corrected chi connectivity index (χ1v) is 9.58. The van der Waals surface area contributed by atoms with Crippen LogP contribution >= 0.6 is 0 Å². The minimum Gasteiger partial charge on any atom is -0.480 e. The number of hydrogen-bond donors (Lipinski definition) is 3. The quantitative estimate of drug-likeness (QED) is 0.375. The minimum absolute atomic E-state index is 0.298. The Morgan fingerprint density at radius 2 is 1.96 bits per heavy atom. The summed E-state index contributed by atoms with van der Waals surface area (Å²) < 4.78 is 4.97. The van der Waals surface area contributed by atoms with Crippen LogP contribution in [-0.4, -0.2) is 64.9 Å². The Morgan fingerprint density at radius 3 is 2.65 bits per heavy atom. The molecule has 8 nitrogen and oxygen atoms in total. The van der Waals surface area contributed by atoms with Gasteiger partial charge in [-0.1, -0.05) is 19.3 Å². The average molecular weight is 370 g/mol. The number of aliphatic carboxylic acids is 1. The van der Waals surface area contributed by atoms with Gasteiger partial charge in [0.2, 0.25) is 0 Å². The highest BCUT2D eigenvalue weighted by atomic mass is 16.5. The summed E-state index contributed by atoms with van der Waals surface area (Å²) in [5.74, 6) is -1.00. The molecule has 2 rings (SSSR count). The zero-order valence-electron chi connectivity index (χ0n) is 15.2. The second-order valence-corrected chi connectivity index (χ2v) is 7.20. The monoisotopic (exact) mass is 370 g/mol. The molecule has 3 amide bonds. The van der Waals surface area contributed by atoms with Crippen molar-refractivity contribution in [1.82, 2.24) is 10.2 Å². The van der Waals surface area contributed by atoms with Crippen LogP contribution in [0, 0.1) is 5.92 Å². The molecule has 0 spiro atoms. The summed E-state index contributed by atoms with van der Waals surface area (Å²) in [5.41, 5.74) is 0. The van der Waals surface area contributed by atoms with Crippen molar-refractivity contribution in [3.05, 3.63) is 0 Å². The molecule has 1 heterocycles. The zero-order valence-corrected chi connectivity index (χ0v) is 15.2. The number of nitrogens with zero attached hydrogens (tertiary/aromatic N) is 1. The predicted molar refractivity (Wildman–Crippen MR) is 93.5 cm³/mol. The minimum atomic E-state index is -1.01. The number of ether oxygens (including phenoxy) is 1. The van der Waals surface area contributed by atoms with Gasteiger partial charge in [-0.15, -0.1) is 0 Å². The van der Waals surface area contributed by atoms with Crippen molar-refractivity contribution in [1.29, 1.82) is 0 Å². The number of rotatable bonds is 11. The maximum atomic E-state index is 12.0. The van der Waals surface area contributed by atoms with E-state index in [4.69, 9.17) is 9.84 Å². The first-order chi connectivity index (χ1) is 12.5. The number of aliphatic hydroxyl groups is 1. The normalized spacial score (nSPS) is 22.5. The summed E-state index contributed by atoms with van der Waals surface area (Å²) in [6.07, 6.45) is 7.45. The summed E-state index contributed by atoms with van der Waals surface area (Å²) in [7, 11) is 0. The van der Waals surface area contributed by atoms with Gasteiger partial charge in [-0.05, 0) is 44.4 Å². The van der Waals surface area contributed by atoms with E-state index in [0.29, 0.717) is 44.8 Å². The maximum absolute atomic E-state index is 12.0. The second kappa shape index (κ2) is 10.5. The first-order valence-electron chi connectivity index (χ1n) is 9.58. The standard InChI is InChI=1S/C18H30N2O6/c21-15(13-6-2-1-3-7-13)9-10-20-14(17(24)19-18(20)25)8-4-5-11-26-12-16(22)23/h13-15,21H,1-12H2,(H,22,23)(H,19,24,25). The number of carbonyl (C=O) groups is 3. The Bertz CT molecular complexity index is 492. The molecule has 1 aliphatic heterocycles. The number of carboxylic acids is 1. The fourth-order valence-corrected chi connectivity index (χ4v) is 3.82. The molecule has 8 heteroatoms. The lowest BCUT2D eigenvalue weighted by Gasteiger charge is -2.29. The van der Waals surface area contributed by atoms with Gasteiger partial charge in [0, 0.05) is 13.2 Å². The number of aliphatic hydroxyl groups excluding tert-OH is 1. The van der Waals surface area contributed by atoms with Crippen molar-refractivity contribution in [3.63, 3.8) is 0 Å². The van der Waals surface area contributed by atoms with E-state index in [-0.39, 0.29) is 12.5 Å². The van der Waals surface area contributed by atoms with E-state index in [1.807, 2.05) is 0 Å². The molecule has 148 valence electrons. The lowest BCUT2D eigenvalue weighted by atomic mass is 9.84. The Labute approximate surface area is 153 Å². The summed E-state index contributed by atoms with van der Waals surface area (Å²) in [6, 6.07) is -0.904. The van der Waals surface area contributed by atoms with Gasteiger partial charge in [0.1, 0.15) is 12.6 Å². The first kappa shape index (κ1) is 20.6. The van der Waals surface area contributed by atoms with Crippen molar-refractivity contribution in [2.45, 2.75) is 69.9 Å². The van der Waals surface area contributed by atoms with E-state index in [9.17, 15) is 19.5 Å². The van der Waals surface area contributed by atoms with E-state index >= 15 is 0 Å². The number of carbonyl (C=O) groups excluding carboxylic acids is 2. The third-order valence-corrected chi connectivity index (χ3v) is 5.27. The van der Waals surface area contributed by atoms with Gasteiger partial charge in [-0.3, -0.25) is 10.1 Å². The lowest BCUT2D eigenvalue weighted by molar-refractivity contribution is -0.142. The van der Waals surface area contributed by atoms with Crippen LogP contribution in [0.3, 0.4) is 0 Å². The van der Waals surface area contributed by atoms with Crippen molar-refractivity contribution in [2.75, 3.05) is 19.8 Å². The van der Waals surface area contributed by atoms with Gasteiger partial charge in [0.05, 0.1) is 6.10 Å². The molecule has 2 unspecified atom stereocenters. The van der Waals surface area contributed by atoms with Crippen LogP contribution in [0.15, 0.2) is 0 Å². The Morgan fingerprint density at radius 1 is 1.23 bits per heavy atom. The van der Waals surface area contributed by atoms with E-state index in [1.54, 1.807) is 0 Å². The van der Waals surface area contributed by atoms with Gasteiger partial charge in [-0.25, -0.2) is 9.59 Å². The molecule has 1 aliphatic carbocycles. The van der Waals surface area contributed by atoms with Crippen LogP contribution in [0.5, 0.6) is 0 Å². The molecule has 26 heavy (non-hydrogen) atoms. The highest BCUT2D eigenvalue weighted by Crippen LogP contribution is 2.28. The van der Waals surface area contributed by atoms with Gasteiger partial charge < -0.3 is 19.8 Å². The SMILES string of the molecule is O=C(O)COCCCCC1C(=O)NC(=O)N1CCC(O)C1CCCCC1. The molecule has 2 aliphatic rings. The van der Waals surface area contributed by atoms with Gasteiger partial charge in [-0.2, -0.15) is 0 Å². The second-order valence-electron chi connectivity index (χ2n) is 7.20. The van der Waals surface area contributed by atoms with Crippen LogP contribution in [0.4, 0.5) is 4.79 Å². The summed E-state index contributed by atoms with van der Waals surface area (Å²) in [6.45, 7) is 0.359. The lowest BCUT2D eigenvalue weighted by Crippen LogP contribution is -2.38. The molecular formula is C18H30N2O6. The molecule has 0 aromatic rings. The Kier molecular flexibility index (Phi) is 8.31. The zero-order chi connectivity index (χ0) is 18.9. The maximum Gasteiger partial charge on any atom is 0.329 e. The molecule has 2 fully saturated rings. The largest absolute Gasteiger partial charge is 0.480 e. The molecule has 2 atom stereocenters. The van der Waals surface area contributed by atoms with Crippen LogP contribution in [0.25, 0.3) is 0 Å². The van der Waals surface area contributed by atoms with Gasteiger partial charge in [0.25, 0.3) is 5.91 Å². The van der Waals surface area contributed by atoms with Crippen molar-refractivity contribution in [2.24, 2.45) is 5.92 Å². The highest BCUT2D eigenvalue weighted by Gasteiger charge is 2.38. The van der Waals surface area contributed by atoms with Crippen molar-refractivity contribution >= 4 is 17.9 Å². The molecular weight excluding hydrogens is 340 g/mol. The number of unbranched alkanes of at least 4 members (excludes halogenated alkanes) is 1. The fourth-order valence-electron chi connectivity index (χ4n) is 3.82. The van der Waals surface area contributed by atoms with Crippen LogP contribution in [0.1, 0.15) is 57.8 Å². The summed E-state index contributed by atoms with van der Waals surface area (Å²) in [5, 5.41) is 21.2. The molecule has 3 N–H and O–H groups in total. The van der Waals surface area contributed by atoms with E-state index in [2.05, 4.69) is 5.32 Å². The van der Waals surface area contributed by atoms with Crippen LogP contribution in [0.2, 0.25) is 0 Å². The number of urea groups is 1.